The molecule has 1 N–H and O–H groups in total. The van der Waals surface area contributed by atoms with Crippen LogP contribution in [-0.4, -0.2) is 36.5 Å². The van der Waals surface area contributed by atoms with Crippen molar-refractivity contribution < 1.29 is 19.1 Å². The zero-order valence-corrected chi connectivity index (χ0v) is 16.0. The van der Waals surface area contributed by atoms with Gasteiger partial charge in [-0.25, -0.2) is 0 Å². The van der Waals surface area contributed by atoms with Crippen molar-refractivity contribution in [1.82, 2.24) is 4.90 Å². The van der Waals surface area contributed by atoms with Crippen LogP contribution >= 0.6 is 11.3 Å². The minimum atomic E-state index is -0.137. The molecule has 142 valence electrons. The average Bonchev–Trinajstić information content (AvgIpc) is 3.25. The molecule has 2 aromatic rings. The van der Waals surface area contributed by atoms with Crippen LogP contribution in [0.5, 0.6) is 11.5 Å². The number of nitrogens with one attached hydrogen (secondary N) is 1. The fourth-order valence-electron chi connectivity index (χ4n) is 3.58. The van der Waals surface area contributed by atoms with Crippen LogP contribution in [0, 0.1) is 0 Å². The highest BCUT2D eigenvalue weighted by atomic mass is 32.1. The van der Waals surface area contributed by atoms with Crippen LogP contribution in [0.15, 0.2) is 30.3 Å². The lowest BCUT2D eigenvalue weighted by molar-refractivity contribution is -0.114. The Labute approximate surface area is 162 Å². The molecule has 2 aliphatic heterocycles. The van der Waals surface area contributed by atoms with Crippen LogP contribution < -0.4 is 14.8 Å². The molecule has 0 saturated carbocycles. The molecular weight excluding hydrogens is 364 g/mol. The Morgan fingerprint density at radius 1 is 1.11 bits per heavy atom. The lowest BCUT2D eigenvalue weighted by atomic mass is 10.0. The molecule has 0 radical (unpaired) electrons. The normalized spacial score (nSPS) is 18.9. The number of hydrogen-bond acceptors (Lipinski definition) is 5. The summed E-state index contributed by atoms with van der Waals surface area (Å²) >= 11 is 1.31. The minimum absolute atomic E-state index is 0.00575. The van der Waals surface area contributed by atoms with Gasteiger partial charge in [0.05, 0.1) is 29.1 Å². The van der Waals surface area contributed by atoms with Gasteiger partial charge in [0.15, 0.2) is 11.5 Å². The highest BCUT2D eigenvalue weighted by Gasteiger charge is 2.32. The minimum Gasteiger partial charge on any atom is -0.490 e. The molecule has 4 rings (SSSR count). The van der Waals surface area contributed by atoms with Crippen LogP contribution in [-0.2, 0) is 4.79 Å². The van der Waals surface area contributed by atoms with Gasteiger partial charge in [0.2, 0.25) is 5.91 Å². The van der Waals surface area contributed by atoms with Crippen LogP contribution in [0.1, 0.15) is 47.5 Å². The van der Waals surface area contributed by atoms with Gasteiger partial charge in [-0.1, -0.05) is 6.07 Å². The first kappa shape index (κ1) is 17.9. The third-order valence-corrected chi connectivity index (χ3v) is 5.77. The number of amides is 2. The molecule has 0 aliphatic carbocycles. The fraction of sp³-hybridized carbons (Fsp3) is 0.400. The summed E-state index contributed by atoms with van der Waals surface area (Å²) in [7, 11) is 0. The van der Waals surface area contributed by atoms with Crippen molar-refractivity contribution in [3.8, 4) is 11.5 Å². The van der Waals surface area contributed by atoms with Crippen molar-refractivity contribution in [2.45, 2.75) is 32.2 Å². The van der Waals surface area contributed by atoms with Crippen molar-refractivity contribution in [2.75, 3.05) is 25.1 Å². The number of rotatable bonds is 3. The Morgan fingerprint density at radius 2 is 1.93 bits per heavy atom. The molecule has 7 heteroatoms. The van der Waals surface area contributed by atoms with Gasteiger partial charge in [-0.15, -0.1) is 11.3 Å². The predicted octanol–water partition coefficient (Wildman–Crippen LogP) is 3.85. The Bertz CT molecular complexity index is 863. The number of ether oxygens (including phenoxy) is 2. The van der Waals surface area contributed by atoms with Crippen LogP contribution in [0.3, 0.4) is 0 Å². The number of hydrogen-bond donors (Lipinski definition) is 1. The van der Waals surface area contributed by atoms with Gasteiger partial charge in [-0.3, -0.25) is 9.59 Å². The molecule has 2 aliphatic rings. The lowest BCUT2D eigenvalue weighted by Gasteiger charge is -2.25. The van der Waals surface area contributed by atoms with Gasteiger partial charge in [0.1, 0.15) is 0 Å². The Balaban J connectivity index is 1.55. The van der Waals surface area contributed by atoms with Gasteiger partial charge < -0.3 is 19.7 Å². The zero-order valence-electron chi connectivity index (χ0n) is 15.2. The first-order valence-corrected chi connectivity index (χ1v) is 10.0. The Kier molecular flexibility index (Phi) is 5.03. The largest absolute Gasteiger partial charge is 0.490 e. The molecule has 1 fully saturated rings. The van der Waals surface area contributed by atoms with Crippen LogP contribution in [0.25, 0.3) is 0 Å². The molecule has 1 aromatic heterocycles. The van der Waals surface area contributed by atoms with Crippen molar-refractivity contribution in [3.63, 3.8) is 0 Å². The van der Waals surface area contributed by atoms with Crippen molar-refractivity contribution in [2.24, 2.45) is 0 Å². The Hall–Kier alpha value is -2.54. The molecule has 6 nitrogen and oxygen atoms in total. The summed E-state index contributed by atoms with van der Waals surface area (Å²) in [6.45, 7) is 3.49. The van der Waals surface area contributed by atoms with Crippen molar-refractivity contribution in [3.05, 3.63) is 40.8 Å². The van der Waals surface area contributed by atoms with E-state index in [9.17, 15) is 9.59 Å². The van der Waals surface area contributed by atoms with Gasteiger partial charge >= 0.3 is 0 Å². The Morgan fingerprint density at radius 3 is 2.74 bits per heavy atom. The second-order valence-corrected chi connectivity index (χ2v) is 7.84. The zero-order chi connectivity index (χ0) is 18.8. The van der Waals surface area contributed by atoms with Crippen molar-refractivity contribution in [1.29, 1.82) is 0 Å². The van der Waals surface area contributed by atoms with E-state index >= 15 is 0 Å². The molecule has 1 aromatic carbocycles. The van der Waals surface area contributed by atoms with E-state index in [1.54, 1.807) is 12.1 Å². The highest BCUT2D eigenvalue weighted by molar-refractivity contribution is 7.18. The third-order valence-electron chi connectivity index (χ3n) is 4.79. The molecule has 1 unspecified atom stereocenters. The van der Waals surface area contributed by atoms with E-state index < -0.39 is 0 Å². The summed E-state index contributed by atoms with van der Waals surface area (Å²) in [6, 6.07) is 9.56. The van der Waals surface area contributed by atoms with Gasteiger partial charge in [-0.2, -0.15) is 0 Å². The third kappa shape index (κ3) is 3.78. The van der Waals surface area contributed by atoms with Gasteiger partial charge in [-0.05, 0) is 42.7 Å². The molecule has 27 heavy (non-hydrogen) atoms. The number of nitrogens with zero attached hydrogens (tertiary/aromatic N) is 1. The first-order valence-electron chi connectivity index (χ1n) is 9.20. The molecular formula is C20H22N2O4S. The maximum absolute atomic E-state index is 13.0. The topological polar surface area (TPSA) is 67.9 Å². The monoisotopic (exact) mass is 386 g/mol. The standard InChI is InChI=1S/C20H22N2O4S/c1-13(23)21-19-8-7-18(27-19)20(24)22-9-2-4-15(22)14-5-6-16-17(12-14)26-11-3-10-25-16/h5-8,12,15H,2-4,9-11H2,1H3,(H,21,23). The second kappa shape index (κ2) is 7.60. The van der Waals surface area contributed by atoms with Crippen LogP contribution in [0.4, 0.5) is 5.00 Å². The van der Waals surface area contributed by atoms with E-state index in [0.717, 1.165) is 42.9 Å². The lowest BCUT2D eigenvalue weighted by Crippen LogP contribution is -2.30. The SMILES string of the molecule is CC(=O)Nc1ccc(C(=O)N2CCCC2c2ccc3c(c2)OCCCO3)s1. The van der Waals surface area contributed by atoms with E-state index in [0.29, 0.717) is 23.1 Å². The number of fused-ring (bicyclic) bond motifs is 1. The number of benzene rings is 1. The molecule has 0 bridgehead atoms. The van der Waals surface area contributed by atoms with Gasteiger partial charge in [0.25, 0.3) is 5.91 Å². The summed E-state index contributed by atoms with van der Waals surface area (Å²) in [4.78, 5) is 26.8. The molecule has 0 spiro atoms. The number of thiophene rings is 1. The summed E-state index contributed by atoms with van der Waals surface area (Å²) in [5, 5.41) is 3.42. The average molecular weight is 386 g/mol. The van der Waals surface area contributed by atoms with E-state index in [1.807, 2.05) is 23.1 Å². The van der Waals surface area contributed by atoms with Crippen molar-refractivity contribution >= 4 is 28.2 Å². The second-order valence-electron chi connectivity index (χ2n) is 6.76. The van der Waals surface area contributed by atoms with E-state index in [1.165, 1.54) is 18.3 Å². The molecule has 3 heterocycles. The number of anilines is 1. The molecule has 2 amide bonds. The molecule has 1 saturated heterocycles. The smallest absolute Gasteiger partial charge is 0.264 e. The van der Waals surface area contributed by atoms with Crippen LogP contribution in [0.2, 0.25) is 0 Å². The van der Waals surface area contributed by atoms with E-state index in [4.69, 9.17) is 9.47 Å². The highest BCUT2D eigenvalue weighted by Crippen LogP contribution is 2.39. The molecule has 1 atom stereocenters. The maximum atomic E-state index is 13.0. The predicted molar refractivity (Wildman–Crippen MR) is 104 cm³/mol. The number of carbonyl (C=O) groups excluding carboxylic acids is 2. The summed E-state index contributed by atoms with van der Waals surface area (Å²) in [5.41, 5.74) is 1.07. The van der Waals surface area contributed by atoms with E-state index in [-0.39, 0.29) is 17.9 Å². The number of carbonyl (C=O) groups is 2. The summed E-state index contributed by atoms with van der Waals surface area (Å²) in [5.74, 6) is 1.40. The number of likely N-dealkylation sites (tertiary alicyclic amines) is 1. The summed E-state index contributed by atoms with van der Waals surface area (Å²) < 4.78 is 11.5. The van der Waals surface area contributed by atoms with Gasteiger partial charge in [0, 0.05) is 19.9 Å². The fourth-order valence-corrected chi connectivity index (χ4v) is 4.49. The first-order chi connectivity index (χ1) is 13.1. The quantitative estimate of drug-likeness (QED) is 0.870. The van der Waals surface area contributed by atoms with E-state index in [2.05, 4.69) is 5.32 Å². The maximum Gasteiger partial charge on any atom is 0.264 e. The summed E-state index contributed by atoms with van der Waals surface area (Å²) in [6.07, 6.45) is 2.76.